The van der Waals surface area contributed by atoms with Crippen molar-refractivity contribution in [2.24, 2.45) is 0 Å². The fraction of sp³-hybridized carbons (Fsp3) is 0. The minimum Gasteiger partial charge on any atom is -0.451 e. The molecule has 0 spiro atoms. The van der Waals surface area contributed by atoms with E-state index in [1.54, 1.807) is 6.20 Å². The lowest BCUT2D eigenvalue weighted by Crippen LogP contribution is -1.83. The molecule has 0 saturated carbocycles. The van der Waals surface area contributed by atoms with Gasteiger partial charge in [-0.25, -0.2) is 4.98 Å². The third kappa shape index (κ3) is 2.33. The summed E-state index contributed by atoms with van der Waals surface area (Å²) in [6, 6.07) is 26.8. The van der Waals surface area contributed by atoms with Gasteiger partial charge < -0.3 is 8.83 Å². The lowest BCUT2D eigenvalue weighted by atomic mass is 9.96. The lowest BCUT2D eigenvalue weighted by molar-refractivity contribution is 0.529. The molecule has 3 nitrogen and oxygen atoms in total. The van der Waals surface area contributed by atoms with E-state index >= 15 is 0 Å². The molecule has 0 bridgehead atoms. The van der Waals surface area contributed by atoms with Crippen LogP contribution in [-0.2, 0) is 0 Å². The summed E-state index contributed by atoms with van der Waals surface area (Å²) in [5.74, 6) is 2.17. The van der Waals surface area contributed by atoms with E-state index in [1.807, 2.05) is 48.5 Å². The van der Waals surface area contributed by atoms with Crippen molar-refractivity contribution in [3.05, 3.63) is 91.5 Å². The van der Waals surface area contributed by atoms with Crippen molar-refractivity contribution in [3.63, 3.8) is 0 Å². The molecule has 0 saturated heterocycles. The first-order valence-corrected chi connectivity index (χ1v) is 8.47. The molecule has 3 heteroatoms. The maximum absolute atomic E-state index is 6.32. The highest BCUT2D eigenvalue weighted by molar-refractivity contribution is 6.04. The molecule has 26 heavy (non-hydrogen) atoms. The first-order valence-electron chi connectivity index (χ1n) is 8.47. The summed E-state index contributed by atoms with van der Waals surface area (Å²) >= 11 is 0. The van der Waals surface area contributed by atoms with Crippen LogP contribution in [0.3, 0.4) is 0 Å². The predicted octanol–water partition coefficient (Wildman–Crippen LogP) is 6.42. The second kappa shape index (κ2) is 6.05. The average molecular weight is 337 g/mol. The third-order valence-corrected chi connectivity index (χ3v) is 4.53. The number of fused-ring (bicyclic) bond motifs is 1. The highest BCUT2D eigenvalue weighted by Gasteiger charge is 2.19. The number of oxazole rings is 1. The number of hydrogen-bond donors (Lipinski definition) is 0. The minimum atomic E-state index is 0.629. The summed E-state index contributed by atoms with van der Waals surface area (Å²) in [4.78, 5) is 4.03. The number of benzene rings is 3. The Morgan fingerprint density at radius 3 is 2.00 bits per heavy atom. The molecular formula is C23H15NO2. The van der Waals surface area contributed by atoms with Crippen LogP contribution in [0.1, 0.15) is 0 Å². The van der Waals surface area contributed by atoms with E-state index in [0.29, 0.717) is 11.5 Å². The number of nitrogens with zero attached hydrogens (tertiary/aromatic N) is 1. The van der Waals surface area contributed by atoms with Gasteiger partial charge in [-0.3, -0.25) is 0 Å². The standard InChI is InChI=1S/C23H15NO2/c1-2-8-16(9-3-1)17-10-4-5-11-18(17)22-19-12-6-7-13-20(19)23(26-22)21-14-24-15-25-21/h1-15H. The Hall–Kier alpha value is -3.59. The Labute approximate surface area is 150 Å². The second-order valence-electron chi connectivity index (χ2n) is 6.08. The Balaban J connectivity index is 1.80. The maximum atomic E-state index is 6.32. The summed E-state index contributed by atoms with van der Waals surface area (Å²) in [5.41, 5.74) is 3.35. The van der Waals surface area contributed by atoms with Crippen LogP contribution in [0.2, 0.25) is 0 Å². The monoisotopic (exact) mass is 337 g/mol. The van der Waals surface area contributed by atoms with Gasteiger partial charge in [-0.05, 0) is 11.1 Å². The number of furan rings is 1. The SMILES string of the molecule is c1ccc(-c2ccccc2-c2oc(-c3cnco3)c3ccccc23)cc1. The molecule has 0 aliphatic rings. The van der Waals surface area contributed by atoms with E-state index in [1.165, 1.54) is 6.39 Å². The van der Waals surface area contributed by atoms with Crippen molar-refractivity contribution in [3.8, 4) is 34.0 Å². The molecule has 0 fully saturated rings. The van der Waals surface area contributed by atoms with Gasteiger partial charge in [-0.15, -0.1) is 0 Å². The molecule has 0 aliphatic heterocycles. The molecule has 0 radical (unpaired) electrons. The average Bonchev–Trinajstić information content (AvgIpc) is 3.36. The molecule has 5 rings (SSSR count). The summed E-state index contributed by atoms with van der Waals surface area (Å²) in [5, 5.41) is 2.07. The van der Waals surface area contributed by atoms with Crippen LogP contribution in [-0.4, -0.2) is 4.98 Å². The van der Waals surface area contributed by atoms with E-state index in [0.717, 1.165) is 33.2 Å². The molecule has 0 N–H and O–H groups in total. The molecular weight excluding hydrogens is 322 g/mol. The molecule has 0 atom stereocenters. The fourth-order valence-corrected chi connectivity index (χ4v) is 3.35. The second-order valence-corrected chi connectivity index (χ2v) is 6.08. The van der Waals surface area contributed by atoms with Crippen molar-refractivity contribution in [1.29, 1.82) is 0 Å². The number of aromatic nitrogens is 1. The summed E-state index contributed by atoms with van der Waals surface area (Å²) in [7, 11) is 0. The van der Waals surface area contributed by atoms with Crippen LogP contribution in [0.25, 0.3) is 44.7 Å². The number of rotatable bonds is 3. The lowest BCUT2D eigenvalue weighted by Gasteiger charge is -2.08. The van der Waals surface area contributed by atoms with Gasteiger partial charge >= 0.3 is 0 Å². The molecule has 2 aromatic heterocycles. The van der Waals surface area contributed by atoms with Gasteiger partial charge in [0.2, 0.25) is 0 Å². The molecule has 2 heterocycles. The first-order chi connectivity index (χ1) is 12.9. The molecule has 0 amide bonds. The van der Waals surface area contributed by atoms with Crippen LogP contribution in [0.15, 0.2) is 100 Å². The van der Waals surface area contributed by atoms with E-state index in [2.05, 4.69) is 35.3 Å². The number of hydrogen-bond acceptors (Lipinski definition) is 3. The Kier molecular flexibility index (Phi) is 3.42. The topological polar surface area (TPSA) is 39.2 Å². The van der Waals surface area contributed by atoms with Crippen LogP contribution in [0.4, 0.5) is 0 Å². The van der Waals surface area contributed by atoms with Crippen LogP contribution in [0, 0.1) is 0 Å². The largest absolute Gasteiger partial charge is 0.451 e. The molecule has 124 valence electrons. The Morgan fingerprint density at radius 1 is 0.615 bits per heavy atom. The highest BCUT2D eigenvalue weighted by atomic mass is 16.4. The molecule has 0 aliphatic carbocycles. The van der Waals surface area contributed by atoms with Gasteiger partial charge in [0.25, 0.3) is 0 Å². The highest BCUT2D eigenvalue weighted by Crippen LogP contribution is 2.42. The van der Waals surface area contributed by atoms with Crippen molar-refractivity contribution < 1.29 is 8.83 Å². The Bertz CT molecular complexity index is 1170. The molecule has 0 unspecified atom stereocenters. The van der Waals surface area contributed by atoms with Gasteiger partial charge in [-0.1, -0.05) is 78.9 Å². The first kappa shape index (κ1) is 14.7. The van der Waals surface area contributed by atoms with Crippen molar-refractivity contribution in [1.82, 2.24) is 4.98 Å². The van der Waals surface area contributed by atoms with E-state index in [-0.39, 0.29) is 0 Å². The van der Waals surface area contributed by atoms with Crippen LogP contribution >= 0.6 is 0 Å². The van der Waals surface area contributed by atoms with E-state index in [9.17, 15) is 0 Å². The van der Waals surface area contributed by atoms with Gasteiger partial charge in [-0.2, -0.15) is 0 Å². The zero-order chi connectivity index (χ0) is 17.3. The minimum absolute atomic E-state index is 0.629. The van der Waals surface area contributed by atoms with Crippen molar-refractivity contribution in [2.45, 2.75) is 0 Å². The van der Waals surface area contributed by atoms with Crippen LogP contribution in [0.5, 0.6) is 0 Å². The zero-order valence-electron chi connectivity index (χ0n) is 13.9. The smallest absolute Gasteiger partial charge is 0.190 e. The normalized spacial score (nSPS) is 11.1. The third-order valence-electron chi connectivity index (χ3n) is 4.53. The van der Waals surface area contributed by atoms with Gasteiger partial charge in [0, 0.05) is 16.3 Å². The van der Waals surface area contributed by atoms with Gasteiger partial charge in [0.1, 0.15) is 5.76 Å². The maximum Gasteiger partial charge on any atom is 0.190 e. The Morgan fingerprint density at radius 2 is 1.27 bits per heavy atom. The summed E-state index contributed by atoms with van der Waals surface area (Å²) < 4.78 is 11.8. The summed E-state index contributed by atoms with van der Waals surface area (Å²) in [6.45, 7) is 0. The molecule has 5 aromatic rings. The van der Waals surface area contributed by atoms with Crippen molar-refractivity contribution >= 4 is 10.8 Å². The van der Waals surface area contributed by atoms with E-state index in [4.69, 9.17) is 8.83 Å². The zero-order valence-corrected chi connectivity index (χ0v) is 13.9. The van der Waals surface area contributed by atoms with Crippen LogP contribution < -0.4 is 0 Å². The van der Waals surface area contributed by atoms with Gasteiger partial charge in [0.05, 0.1) is 6.20 Å². The fourth-order valence-electron chi connectivity index (χ4n) is 3.35. The van der Waals surface area contributed by atoms with E-state index < -0.39 is 0 Å². The molecule has 3 aromatic carbocycles. The van der Waals surface area contributed by atoms with Crippen molar-refractivity contribution in [2.75, 3.05) is 0 Å². The van der Waals surface area contributed by atoms with Gasteiger partial charge in [0.15, 0.2) is 17.9 Å². The predicted molar refractivity (Wildman–Crippen MR) is 103 cm³/mol. The quantitative estimate of drug-likeness (QED) is 0.381. The summed E-state index contributed by atoms with van der Waals surface area (Å²) in [6.07, 6.45) is 3.10.